The van der Waals surface area contributed by atoms with Gasteiger partial charge in [-0.2, -0.15) is 0 Å². The third-order valence-corrected chi connectivity index (χ3v) is 3.74. The van der Waals surface area contributed by atoms with Crippen LogP contribution >= 0.6 is 15.9 Å². The summed E-state index contributed by atoms with van der Waals surface area (Å²) in [6.45, 7) is 1.99. The molecule has 1 aromatic rings. The number of rotatable bonds is 0. The molecule has 2 heterocycles. The highest BCUT2D eigenvalue weighted by molar-refractivity contribution is 9.10. The van der Waals surface area contributed by atoms with Crippen LogP contribution in [-0.4, -0.2) is 31.5 Å². The van der Waals surface area contributed by atoms with Gasteiger partial charge in [-0.15, -0.1) is 0 Å². The fraction of sp³-hybridized carbons (Fsp3) is 0.500. The number of halogens is 1. The van der Waals surface area contributed by atoms with Gasteiger partial charge in [-0.05, 0) is 18.1 Å². The van der Waals surface area contributed by atoms with E-state index in [0.29, 0.717) is 37.9 Å². The van der Waals surface area contributed by atoms with Crippen molar-refractivity contribution in [1.29, 1.82) is 0 Å². The topological polar surface area (TPSA) is 47.9 Å². The molecule has 0 fully saturated rings. The van der Waals surface area contributed by atoms with Gasteiger partial charge in [0.05, 0.1) is 13.2 Å². The fourth-order valence-electron chi connectivity index (χ4n) is 2.28. The zero-order valence-electron chi connectivity index (χ0n) is 9.24. The molecule has 0 bridgehead atoms. The first-order valence-corrected chi connectivity index (χ1v) is 6.43. The highest BCUT2D eigenvalue weighted by Gasteiger charge is 2.28. The van der Waals surface area contributed by atoms with Crippen molar-refractivity contribution in [3.8, 4) is 11.5 Å². The summed E-state index contributed by atoms with van der Waals surface area (Å²) in [5.41, 5.74) is 1.87. The minimum absolute atomic E-state index is 0.305. The molecule has 5 heteroatoms. The van der Waals surface area contributed by atoms with Gasteiger partial charge in [-0.1, -0.05) is 15.9 Å². The summed E-state index contributed by atoms with van der Waals surface area (Å²) in [5, 5.41) is 10.1. The lowest BCUT2D eigenvalue weighted by molar-refractivity contribution is 0.0426. The largest absolute Gasteiger partial charge is 0.486 e. The van der Waals surface area contributed by atoms with E-state index in [1.165, 1.54) is 0 Å². The van der Waals surface area contributed by atoms with Gasteiger partial charge in [0.15, 0.2) is 11.5 Å². The van der Waals surface area contributed by atoms with E-state index in [4.69, 9.17) is 14.2 Å². The van der Waals surface area contributed by atoms with Crippen LogP contribution in [-0.2, 0) is 11.2 Å². The van der Waals surface area contributed by atoms with E-state index in [1.54, 1.807) is 0 Å². The van der Waals surface area contributed by atoms with Crippen molar-refractivity contribution in [2.75, 3.05) is 26.4 Å². The predicted molar refractivity (Wildman–Crippen MR) is 64.6 cm³/mol. The average molecular weight is 301 g/mol. The number of hydrogen-bond donors (Lipinski definition) is 1. The van der Waals surface area contributed by atoms with E-state index in [0.717, 1.165) is 22.0 Å². The molecule has 0 saturated heterocycles. The van der Waals surface area contributed by atoms with Crippen molar-refractivity contribution in [1.82, 2.24) is 0 Å². The van der Waals surface area contributed by atoms with E-state index in [2.05, 4.69) is 15.9 Å². The quantitative estimate of drug-likeness (QED) is 0.794. The molecule has 0 aliphatic carbocycles. The van der Waals surface area contributed by atoms with Crippen molar-refractivity contribution >= 4 is 15.9 Å². The molecule has 0 aromatic heterocycles. The number of hydrogen-bond acceptors (Lipinski definition) is 4. The lowest BCUT2D eigenvalue weighted by Gasteiger charge is -2.25. The Morgan fingerprint density at radius 1 is 1.24 bits per heavy atom. The molecule has 0 saturated carbocycles. The Balaban J connectivity index is 2.19. The summed E-state index contributed by atoms with van der Waals surface area (Å²) >= 11 is 3.52. The van der Waals surface area contributed by atoms with Crippen LogP contribution in [0, 0.1) is 0 Å². The average Bonchev–Trinajstić information content (AvgIpc) is 2.52. The van der Waals surface area contributed by atoms with Crippen LogP contribution in [0.15, 0.2) is 10.5 Å². The first-order chi connectivity index (χ1) is 8.27. The second-order valence-corrected chi connectivity index (χ2v) is 4.97. The molecule has 1 aromatic carbocycles. The van der Waals surface area contributed by atoms with E-state index >= 15 is 0 Å². The van der Waals surface area contributed by atoms with Gasteiger partial charge in [0.25, 0.3) is 0 Å². The Labute approximate surface area is 108 Å². The molecule has 0 spiro atoms. The highest BCUT2D eigenvalue weighted by atomic mass is 79.9. The molecule has 4 nitrogen and oxygen atoms in total. The summed E-state index contributed by atoms with van der Waals surface area (Å²) in [5.74, 6) is 1.37. The third kappa shape index (κ3) is 1.92. The number of aliphatic hydroxyl groups excluding tert-OH is 1. The van der Waals surface area contributed by atoms with Crippen molar-refractivity contribution in [2.45, 2.75) is 12.5 Å². The molecule has 2 aliphatic rings. The highest BCUT2D eigenvalue weighted by Crippen LogP contribution is 2.44. The maximum Gasteiger partial charge on any atom is 0.167 e. The smallest absolute Gasteiger partial charge is 0.167 e. The summed E-state index contributed by atoms with van der Waals surface area (Å²) in [6, 6.07) is 1.91. The molecule has 1 atom stereocenters. The summed E-state index contributed by atoms with van der Waals surface area (Å²) in [6.07, 6.45) is 0.115. The van der Waals surface area contributed by atoms with E-state index in [1.807, 2.05) is 6.07 Å². The molecule has 92 valence electrons. The van der Waals surface area contributed by atoms with Gasteiger partial charge >= 0.3 is 0 Å². The zero-order valence-corrected chi connectivity index (χ0v) is 10.8. The monoisotopic (exact) mass is 300 g/mol. The van der Waals surface area contributed by atoms with Gasteiger partial charge in [0, 0.05) is 10.0 Å². The molecular formula is C12H13BrO4. The van der Waals surface area contributed by atoms with Crippen LogP contribution in [0.2, 0.25) is 0 Å². The second-order valence-electron chi connectivity index (χ2n) is 4.12. The van der Waals surface area contributed by atoms with Gasteiger partial charge < -0.3 is 19.3 Å². The number of ether oxygens (including phenoxy) is 3. The van der Waals surface area contributed by atoms with Gasteiger partial charge in [-0.3, -0.25) is 0 Å². The lowest BCUT2D eigenvalue weighted by atomic mass is 9.99. The minimum atomic E-state index is -0.652. The second kappa shape index (κ2) is 4.48. The van der Waals surface area contributed by atoms with Crippen molar-refractivity contribution < 1.29 is 19.3 Å². The van der Waals surface area contributed by atoms with Gasteiger partial charge in [0.2, 0.25) is 0 Å². The zero-order chi connectivity index (χ0) is 11.8. The molecule has 0 amide bonds. The van der Waals surface area contributed by atoms with Crippen molar-refractivity contribution in [3.63, 3.8) is 0 Å². The summed E-state index contributed by atoms with van der Waals surface area (Å²) in [4.78, 5) is 0. The third-order valence-electron chi connectivity index (χ3n) is 3.03. The number of benzene rings is 1. The van der Waals surface area contributed by atoms with Crippen molar-refractivity contribution in [2.24, 2.45) is 0 Å². The Morgan fingerprint density at radius 3 is 2.94 bits per heavy atom. The molecule has 1 N–H and O–H groups in total. The number of aliphatic hydroxyl groups is 1. The molecule has 1 unspecified atom stereocenters. The molecule has 0 radical (unpaired) electrons. The van der Waals surface area contributed by atoms with Gasteiger partial charge in [0.1, 0.15) is 19.3 Å². The van der Waals surface area contributed by atoms with Crippen LogP contribution in [0.5, 0.6) is 11.5 Å². The maximum absolute atomic E-state index is 10.1. The van der Waals surface area contributed by atoms with Crippen LogP contribution in [0.1, 0.15) is 17.2 Å². The van der Waals surface area contributed by atoms with Crippen molar-refractivity contribution in [3.05, 3.63) is 21.7 Å². The molecular weight excluding hydrogens is 288 g/mol. The van der Waals surface area contributed by atoms with Crippen LogP contribution < -0.4 is 9.47 Å². The number of fused-ring (bicyclic) bond motifs is 3. The van der Waals surface area contributed by atoms with Gasteiger partial charge in [-0.25, -0.2) is 0 Å². The first kappa shape index (κ1) is 11.3. The Kier molecular flexibility index (Phi) is 2.98. The standard InChI is InChI=1S/C12H13BrO4/c13-8-5-10-12(17-4-3-16-10)11-7(8)1-2-15-6-9(11)14/h5,9,14H,1-4,6H2. The Morgan fingerprint density at radius 2 is 2.06 bits per heavy atom. The van der Waals surface area contributed by atoms with E-state index in [-0.39, 0.29) is 0 Å². The first-order valence-electron chi connectivity index (χ1n) is 5.64. The Hall–Kier alpha value is -0.780. The molecule has 17 heavy (non-hydrogen) atoms. The van der Waals surface area contributed by atoms with E-state index < -0.39 is 6.10 Å². The summed E-state index contributed by atoms with van der Waals surface area (Å²) in [7, 11) is 0. The minimum Gasteiger partial charge on any atom is -0.486 e. The van der Waals surface area contributed by atoms with Crippen LogP contribution in [0.4, 0.5) is 0 Å². The molecule has 2 aliphatic heterocycles. The SMILES string of the molecule is OC1COCCc2c(Br)cc3c(c21)OCCO3. The molecule has 3 rings (SSSR count). The fourth-order valence-corrected chi connectivity index (χ4v) is 2.90. The summed E-state index contributed by atoms with van der Waals surface area (Å²) < 4.78 is 17.5. The van der Waals surface area contributed by atoms with Crippen LogP contribution in [0.3, 0.4) is 0 Å². The lowest BCUT2D eigenvalue weighted by Crippen LogP contribution is -2.19. The Bertz CT molecular complexity index is 447. The maximum atomic E-state index is 10.1. The van der Waals surface area contributed by atoms with E-state index in [9.17, 15) is 5.11 Å². The predicted octanol–water partition coefficient (Wildman–Crippen LogP) is 1.83. The normalized spacial score (nSPS) is 22.8. The van der Waals surface area contributed by atoms with Crippen LogP contribution in [0.25, 0.3) is 0 Å².